The highest BCUT2D eigenvalue weighted by Crippen LogP contribution is 2.29. The molecule has 1 fully saturated rings. The van der Waals surface area contributed by atoms with Gasteiger partial charge in [-0.25, -0.2) is 0 Å². The van der Waals surface area contributed by atoms with Crippen molar-refractivity contribution in [2.75, 3.05) is 26.7 Å². The monoisotopic (exact) mass is 374 g/mol. The Bertz CT molecular complexity index is 596. The number of hydrogen-bond acceptors (Lipinski definition) is 4. The number of nitrogens with one attached hydrogen (secondary N) is 1. The van der Waals surface area contributed by atoms with Crippen molar-refractivity contribution in [1.82, 2.24) is 29.8 Å². The van der Waals surface area contributed by atoms with Crippen LogP contribution in [0.1, 0.15) is 12.8 Å². The maximum Gasteiger partial charge on any atom is 0.250 e. The van der Waals surface area contributed by atoms with Crippen LogP contribution < -0.4 is 5.32 Å². The van der Waals surface area contributed by atoms with Crippen LogP contribution in [-0.2, 0) is 16.9 Å². The number of amides is 1. The lowest BCUT2D eigenvalue weighted by atomic mass is 9.87. The van der Waals surface area contributed by atoms with E-state index < -0.39 is 5.54 Å². The molecule has 134 valence electrons. The minimum absolute atomic E-state index is 0. The standard InChI is InChI=1S/C15H22N6O.2ClH/c1-19(12-13-20-10-2-6-17-20)14(22)15(4-8-16-9-5-15)21-11-3-7-18-21;;/h2-3,6-7,10-11,16H,4-5,8-9,12-13H2,1H3;2*1H. The van der Waals surface area contributed by atoms with Crippen molar-refractivity contribution in [3.05, 3.63) is 36.9 Å². The van der Waals surface area contributed by atoms with Crippen LogP contribution in [0.2, 0.25) is 0 Å². The van der Waals surface area contributed by atoms with E-state index in [1.54, 1.807) is 17.3 Å². The zero-order valence-corrected chi connectivity index (χ0v) is 15.3. The van der Waals surface area contributed by atoms with Crippen molar-refractivity contribution in [3.63, 3.8) is 0 Å². The number of piperidine rings is 1. The summed E-state index contributed by atoms with van der Waals surface area (Å²) in [5.41, 5.74) is -0.562. The Morgan fingerprint density at radius 2 is 1.83 bits per heavy atom. The van der Waals surface area contributed by atoms with Crippen molar-refractivity contribution < 1.29 is 4.79 Å². The first kappa shape index (κ1) is 20.5. The van der Waals surface area contributed by atoms with Crippen LogP contribution in [-0.4, -0.2) is 57.1 Å². The molecule has 1 N–H and O–H groups in total. The summed E-state index contributed by atoms with van der Waals surface area (Å²) in [5.74, 6) is 0.129. The predicted molar refractivity (Wildman–Crippen MR) is 96.7 cm³/mol. The van der Waals surface area contributed by atoms with Gasteiger partial charge in [0.1, 0.15) is 5.54 Å². The Morgan fingerprint density at radius 1 is 1.17 bits per heavy atom. The predicted octanol–water partition coefficient (Wildman–Crippen LogP) is 1.16. The second-order valence-electron chi connectivity index (χ2n) is 5.73. The van der Waals surface area contributed by atoms with E-state index in [-0.39, 0.29) is 30.7 Å². The Morgan fingerprint density at radius 3 is 2.42 bits per heavy atom. The van der Waals surface area contributed by atoms with Gasteiger partial charge in [0.15, 0.2) is 0 Å². The molecule has 3 rings (SSSR count). The third kappa shape index (κ3) is 4.09. The minimum atomic E-state index is -0.562. The largest absolute Gasteiger partial charge is 0.342 e. The first-order chi connectivity index (χ1) is 10.7. The van der Waals surface area contributed by atoms with Crippen LogP contribution in [0.5, 0.6) is 0 Å². The third-order valence-corrected chi connectivity index (χ3v) is 4.34. The topological polar surface area (TPSA) is 68.0 Å². The number of carbonyl (C=O) groups is 1. The molecule has 1 amide bonds. The van der Waals surface area contributed by atoms with E-state index in [4.69, 9.17) is 0 Å². The zero-order chi connectivity index (χ0) is 15.4. The highest BCUT2D eigenvalue weighted by Gasteiger charge is 2.43. The molecule has 1 aliphatic heterocycles. The fraction of sp³-hybridized carbons (Fsp3) is 0.533. The summed E-state index contributed by atoms with van der Waals surface area (Å²) < 4.78 is 3.67. The summed E-state index contributed by atoms with van der Waals surface area (Å²) >= 11 is 0. The minimum Gasteiger partial charge on any atom is -0.342 e. The molecular formula is C15H24Cl2N6O. The van der Waals surface area contributed by atoms with Crippen LogP contribution in [0.25, 0.3) is 0 Å². The van der Waals surface area contributed by atoms with Gasteiger partial charge in [-0.3, -0.25) is 14.2 Å². The van der Waals surface area contributed by atoms with Gasteiger partial charge in [-0.2, -0.15) is 10.2 Å². The Labute approximate surface area is 154 Å². The number of likely N-dealkylation sites (N-methyl/N-ethyl adjacent to an activating group) is 1. The molecule has 1 saturated heterocycles. The first-order valence-corrected chi connectivity index (χ1v) is 7.66. The SMILES string of the molecule is CN(CCn1cccn1)C(=O)C1(n2cccn2)CCNCC1.Cl.Cl. The molecule has 0 radical (unpaired) electrons. The lowest BCUT2D eigenvalue weighted by Gasteiger charge is -2.39. The fourth-order valence-corrected chi connectivity index (χ4v) is 3.05. The van der Waals surface area contributed by atoms with Gasteiger partial charge in [-0.1, -0.05) is 0 Å². The second-order valence-corrected chi connectivity index (χ2v) is 5.73. The van der Waals surface area contributed by atoms with Gasteiger partial charge in [-0.05, 0) is 38.1 Å². The summed E-state index contributed by atoms with van der Waals surface area (Å²) in [4.78, 5) is 14.9. The molecule has 7 nitrogen and oxygen atoms in total. The molecule has 0 aromatic carbocycles. The van der Waals surface area contributed by atoms with Crippen molar-refractivity contribution >= 4 is 30.7 Å². The molecule has 24 heavy (non-hydrogen) atoms. The van der Waals surface area contributed by atoms with E-state index in [1.807, 2.05) is 40.9 Å². The summed E-state index contributed by atoms with van der Waals surface area (Å²) in [6, 6.07) is 3.76. The highest BCUT2D eigenvalue weighted by atomic mass is 35.5. The number of nitrogens with zero attached hydrogens (tertiary/aromatic N) is 5. The average molecular weight is 375 g/mol. The maximum atomic E-state index is 13.1. The number of hydrogen-bond donors (Lipinski definition) is 1. The maximum absolute atomic E-state index is 13.1. The number of rotatable bonds is 5. The molecule has 3 heterocycles. The van der Waals surface area contributed by atoms with Crippen LogP contribution in [0.3, 0.4) is 0 Å². The van der Waals surface area contributed by atoms with Crippen molar-refractivity contribution in [2.24, 2.45) is 0 Å². The average Bonchev–Trinajstić information content (AvgIpc) is 3.25. The van der Waals surface area contributed by atoms with E-state index in [0.717, 1.165) is 25.9 Å². The van der Waals surface area contributed by atoms with Crippen LogP contribution >= 0.6 is 24.8 Å². The Balaban J connectivity index is 0.00000144. The van der Waals surface area contributed by atoms with Gasteiger partial charge in [0.25, 0.3) is 0 Å². The smallest absolute Gasteiger partial charge is 0.250 e. The van der Waals surface area contributed by atoms with Gasteiger partial charge in [-0.15, -0.1) is 24.8 Å². The first-order valence-electron chi connectivity index (χ1n) is 7.66. The van der Waals surface area contributed by atoms with E-state index in [0.29, 0.717) is 13.1 Å². The summed E-state index contributed by atoms with van der Waals surface area (Å²) in [6.45, 7) is 3.00. The van der Waals surface area contributed by atoms with E-state index in [9.17, 15) is 4.79 Å². The third-order valence-electron chi connectivity index (χ3n) is 4.34. The molecular weight excluding hydrogens is 351 g/mol. The molecule has 0 aliphatic carbocycles. The van der Waals surface area contributed by atoms with E-state index >= 15 is 0 Å². The lowest BCUT2D eigenvalue weighted by Crippen LogP contribution is -2.55. The van der Waals surface area contributed by atoms with Gasteiger partial charge < -0.3 is 10.2 Å². The molecule has 2 aromatic heterocycles. The molecule has 0 spiro atoms. The summed E-state index contributed by atoms with van der Waals surface area (Å²) in [7, 11) is 1.86. The number of halogens is 2. The van der Waals surface area contributed by atoms with Crippen LogP contribution in [0, 0.1) is 0 Å². The quantitative estimate of drug-likeness (QED) is 0.852. The zero-order valence-electron chi connectivity index (χ0n) is 13.7. The number of aromatic nitrogens is 4. The molecule has 1 aliphatic rings. The molecule has 0 atom stereocenters. The van der Waals surface area contributed by atoms with Crippen molar-refractivity contribution in [1.29, 1.82) is 0 Å². The molecule has 0 saturated carbocycles. The lowest BCUT2D eigenvalue weighted by molar-refractivity contribution is -0.142. The second kappa shape index (κ2) is 9.05. The van der Waals surface area contributed by atoms with Crippen molar-refractivity contribution in [3.8, 4) is 0 Å². The fourth-order valence-electron chi connectivity index (χ4n) is 3.05. The highest BCUT2D eigenvalue weighted by molar-refractivity contribution is 5.85. The van der Waals surface area contributed by atoms with Gasteiger partial charge in [0.2, 0.25) is 5.91 Å². The van der Waals surface area contributed by atoms with Crippen molar-refractivity contribution in [2.45, 2.75) is 24.9 Å². The number of carbonyl (C=O) groups excluding carboxylic acids is 1. The molecule has 2 aromatic rings. The summed E-state index contributed by atoms with van der Waals surface area (Å²) in [5, 5.41) is 11.9. The van der Waals surface area contributed by atoms with Gasteiger partial charge >= 0.3 is 0 Å². The molecule has 0 unspecified atom stereocenters. The normalized spacial score (nSPS) is 15.9. The molecule has 9 heteroatoms. The van der Waals surface area contributed by atoms with Gasteiger partial charge in [0.05, 0.1) is 6.54 Å². The van der Waals surface area contributed by atoms with E-state index in [2.05, 4.69) is 15.5 Å². The summed E-state index contributed by atoms with van der Waals surface area (Å²) in [6.07, 6.45) is 8.82. The molecule has 0 bridgehead atoms. The van der Waals surface area contributed by atoms with Gasteiger partial charge in [0, 0.05) is 38.4 Å². The van der Waals surface area contributed by atoms with E-state index in [1.165, 1.54) is 0 Å². The Hall–Kier alpha value is -1.57. The van der Waals surface area contributed by atoms with Crippen LogP contribution in [0.15, 0.2) is 36.9 Å². The van der Waals surface area contributed by atoms with Crippen LogP contribution in [0.4, 0.5) is 0 Å². The Kier molecular flexibility index (Phi) is 7.72.